The highest BCUT2D eigenvalue weighted by molar-refractivity contribution is 6.32. The predicted molar refractivity (Wildman–Crippen MR) is 89.9 cm³/mol. The molecule has 1 amide bonds. The van der Waals surface area contributed by atoms with Crippen molar-refractivity contribution in [3.63, 3.8) is 0 Å². The number of ether oxygens (including phenoxy) is 1. The van der Waals surface area contributed by atoms with Gasteiger partial charge in [0.05, 0.1) is 29.1 Å². The van der Waals surface area contributed by atoms with Gasteiger partial charge in [0.2, 0.25) is 0 Å². The Morgan fingerprint density at radius 1 is 1.43 bits per heavy atom. The summed E-state index contributed by atoms with van der Waals surface area (Å²) in [5.74, 6) is 0.542. The second-order valence-electron chi connectivity index (χ2n) is 5.69. The largest absolute Gasteiger partial charge is 0.492 e. The Morgan fingerprint density at radius 2 is 2.22 bits per heavy atom. The molecular weight excluding hydrogens is 314 g/mol. The van der Waals surface area contributed by atoms with E-state index in [1.807, 2.05) is 13.0 Å². The van der Waals surface area contributed by atoms with Crippen molar-refractivity contribution in [3.8, 4) is 17.0 Å². The molecule has 6 heteroatoms. The maximum absolute atomic E-state index is 12.5. The maximum Gasteiger partial charge on any atom is 0.255 e. The number of carbonyl (C=O) groups is 1. The third kappa shape index (κ3) is 3.50. The second kappa shape index (κ2) is 7.04. The van der Waals surface area contributed by atoms with Gasteiger partial charge in [0.1, 0.15) is 5.75 Å². The number of hydrogen-bond acceptors (Lipinski definition) is 3. The van der Waals surface area contributed by atoms with Gasteiger partial charge in [-0.25, -0.2) is 0 Å². The summed E-state index contributed by atoms with van der Waals surface area (Å²) in [6, 6.07) is 5.73. The predicted octanol–water partition coefficient (Wildman–Crippen LogP) is 3.80. The molecule has 23 heavy (non-hydrogen) atoms. The molecule has 1 aliphatic rings. The topological polar surface area (TPSA) is 67.0 Å². The number of aromatic nitrogens is 2. The van der Waals surface area contributed by atoms with Crippen molar-refractivity contribution >= 4 is 17.5 Å². The summed E-state index contributed by atoms with van der Waals surface area (Å²) in [4.78, 5) is 12.5. The molecule has 1 aliphatic carbocycles. The fraction of sp³-hybridized carbons (Fsp3) is 0.412. The van der Waals surface area contributed by atoms with Crippen LogP contribution < -0.4 is 10.1 Å². The Balaban J connectivity index is 1.82. The van der Waals surface area contributed by atoms with E-state index in [2.05, 4.69) is 15.5 Å². The van der Waals surface area contributed by atoms with Crippen LogP contribution in [0.25, 0.3) is 11.3 Å². The molecule has 0 radical (unpaired) electrons. The molecule has 0 atom stereocenters. The van der Waals surface area contributed by atoms with Gasteiger partial charge in [-0.3, -0.25) is 9.89 Å². The van der Waals surface area contributed by atoms with Gasteiger partial charge in [-0.1, -0.05) is 24.4 Å². The van der Waals surface area contributed by atoms with Crippen molar-refractivity contribution in [2.24, 2.45) is 0 Å². The van der Waals surface area contributed by atoms with Crippen LogP contribution in [0.3, 0.4) is 0 Å². The normalized spacial score (nSPS) is 14.9. The summed E-state index contributed by atoms with van der Waals surface area (Å²) < 4.78 is 5.44. The minimum atomic E-state index is -0.0920. The lowest BCUT2D eigenvalue weighted by Crippen LogP contribution is -2.32. The third-order valence-corrected chi connectivity index (χ3v) is 4.39. The summed E-state index contributed by atoms with van der Waals surface area (Å²) in [5, 5.41) is 10.5. The number of nitrogens with zero attached hydrogens (tertiary/aromatic N) is 1. The number of carbonyl (C=O) groups excluding carboxylic acids is 1. The highest BCUT2D eigenvalue weighted by Crippen LogP contribution is 2.31. The molecule has 5 nitrogen and oxygen atoms in total. The van der Waals surface area contributed by atoms with Crippen LogP contribution in [-0.4, -0.2) is 28.8 Å². The van der Waals surface area contributed by atoms with Crippen molar-refractivity contribution in [1.82, 2.24) is 15.5 Å². The smallest absolute Gasteiger partial charge is 0.255 e. The lowest BCUT2D eigenvalue weighted by atomic mass is 10.1. The number of amides is 1. The summed E-state index contributed by atoms with van der Waals surface area (Å²) in [5.41, 5.74) is 2.02. The Labute approximate surface area is 140 Å². The second-order valence-corrected chi connectivity index (χ2v) is 6.10. The maximum atomic E-state index is 12.5. The molecule has 2 N–H and O–H groups in total. The van der Waals surface area contributed by atoms with Gasteiger partial charge < -0.3 is 10.1 Å². The zero-order chi connectivity index (χ0) is 16.2. The van der Waals surface area contributed by atoms with Crippen molar-refractivity contribution in [3.05, 3.63) is 35.0 Å². The number of hydrogen-bond donors (Lipinski definition) is 2. The van der Waals surface area contributed by atoms with Gasteiger partial charge in [-0.05, 0) is 38.0 Å². The number of nitrogens with one attached hydrogen (secondary N) is 2. The highest BCUT2D eigenvalue weighted by Gasteiger charge is 2.21. The van der Waals surface area contributed by atoms with E-state index in [-0.39, 0.29) is 11.9 Å². The molecule has 1 aromatic carbocycles. The van der Waals surface area contributed by atoms with Crippen LogP contribution >= 0.6 is 11.6 Å². The number of halogens is 1. The van der Waals surface area contributed by atoms with Crippen LogP contribution in [-0.2, 0) is 0 Å². The van der Waals surface area contributed by atoms with Gasteiger partial charge in [-0.15, -0.1) is 0 Å². The Morgan fingerprint density at radius 3 is 2.91 bits per heavy atom. The van der Waals surface area contributed by atoms with Crippen LogP contribution in [0.2, 0.25) is 5.02 Å². The molecule has 1 saturated carbocycles. The lowest BCUT2D eigenvalue weighted by molar-refractivity contribution is 0.0938. The Kier molecular flexibility index (Phi) is 4.86. The summed E-state index contributed by atoms with van der Waals surface area (Å²) in [7, 11) is 0. The van der Waals surface area contributed by atoms with Crippen LogP contribution in [0.1, 0.15) is 43.0 Å². The fourth-order valence-corrected chi connectivity index (χ4v) is 3.18. The molecule has 1 aromatic heterocycles. The molecular formula is C17H20ClN3O2. The number of benzene rings is 1. The highest BCUT2D eigenvalue weighted by atomic mass is 35.5. The minimum absolute atomic E-state index is 0.0920. The van der Waals surface area contributed by atoms with Crippen LogP contribution in [0.15, 0.2) is 24.4 Å². The molecule has 0 unspecified atom stereocenters. The summed E-state index contributed by atoms with van der Waals surface area (Å²) in [6.07, 6.45) is 6.01. The van der Waals surface area contributed by atoms with Crippen LogP contribution in [0.5, 0.6) is 5.75 Å². The van der Waals surface area contributed by atoms with Crippen molar-refractivity contribution in [1.29, 1.82) is 0 Å². The molecule has 1 fully saturated rings. The molecule has 0 aliphatic heterocycles. The van der Waals surface area contributed by atoms with Gasteiger partial charge in [-0.2, -0.15) is 5.10 Å². The van der Waals surface area contributed by atoms with Gasteiger partial charge >= 0.3 is 0 Å². The average molecular weight is 334 g/mol. The molecule has 0 spiro atoms. The quantitative estimate of drug-likeness (QED) is 0.874. The number of H-pyrrole nitrogens is 1. The third-order valence-electron chi connectivity index (χ3n) is 4.09. The SMILES string of the molecule is CCOc1ccc(-c2[nH]ncc2C(=O)NC2CCCC2)cc1Cl. The molecule has 2 aromatic rings. The van der Waals surface area contributed by atoms with Crippen molar-refractivity contribution in [2.45, 2.75) is 38.6 Å². The summed E-state index contributed by atoms with van der Waals surface area (Å²) >= 11 is 6.23. The molecule has 122 valence electrons. The molecule has 1 heterocycles. The fourth-order valence-electron chi connectivity index (χ4n) is 2.94. The minimum Gasteiger partial charge on any atom is -0.492 e. The van der Waals surface area contributed by atoms with E-state index in [4.69, 9.17) is 16.3 Å². The standard InChI is InChI=1S/C17H20ClN3O2/c1-2-23-15-8-7-11(9-14(15)18)16-13(10-19-21-16)17(22)20-12-5-3-4-6-12/h7-10,12H,2-6H2,1H3,(H,19,21)(H,20,22). The van der Waals surface area contributed by atoms with Gasteiger partial charge in [0.15, 0.2) is 0 Å². The number of aromatic amines is 1. The lowest BCUT2D eigenvalue weighted by Gasteiger charge is -2.12. The monoisotopic (exact) mass is 333 g/mol. The first-order valence-corrected chi connectivity index (χ1v) is 8.33. The van der Waals surface area contributed by atoms with Crippen molar-refractivity contribution in [2.75, 3.05) is 6.61 Å². The molecule has 3 rings (SSSR count). The molecule has 0 saturated heterocycles. The van der Waals surface area contributed by atoms with E-state index in [0.717, 1.165) is 18.4 Å². The first kappa shape index (κ1) is 15.9. The van der Waals surface area contributed by atoms with E-state index < -0.39 is 0 Å². The van der Waals surface area contributed by atoms with E-state index in [0.29, 0.717) is 28.6 Å². The van der Waals surface area contributed by atoms with E-state index in [1.165, 1.54) is 12.8 Å². The number of rotatable bonds is 5. The van der Waals surface area contributed by atoms with Crippen molar-refractivity contribution < 1.29 is 9.53 Å². The van der Waals surface area contributed by atoms with E-state index in [9.17, 15) is 4.79 Å². The zero-order valence-electron chi connectivity index (χ0n) is 13.1. The van der Waals surface area contributed by atoms with E-state index in [1.54, 1.807) is 18.3 Å². The average Bonchev–Trinajstić information content (AvgIpc) is 3.20. The van der Waals surface area contributed by atoms with E-state index >= 15 is 0 Å². The van der Waals surface area contributed by atoms with Crippen LogP contribution in [0.4, 0.5) is 0 Å². The molecule has 0 bridgehead atoms. The first-order valence-electron chi connectivity index (χ1n) is 7.96. The first-order chi connectivity index (χ1) is 11.2. The zero-order valence-corrected chi connectivity index (χ0v) is 13.8. The van der Waals surface area contributed by atoms with Gasteiger partial charge in [0, 0.05) is 11.6 Å². The van der Waals surface area contributed by atoms with Gasteiger partial charge in [0.25, 0.3) is 5.91 Å². The van der Waals surface area contributed by atoms with Crippen LogP contribution in [0, 0.1) is 0 Å². The Hall–Kier alpha value is -2.01. The Bertz CT molecular complexity index is 693. The summed E-state index contributed by atoms with van der Waals surface area (Å²) in [6.45, 7) is 2.46.